The van der Waals surface area contributed by atoms with E-state index in [-0.39, 0.29) is 23.0 Å². The van der Waals surface area contributed by atoms with Gasteiger partial charge in [-0.15, -0.1) is 11.3 Å². The Balaban J connectivity index is 2.85. The molecule has 0 fully saturated rings. The van der Waals surface area contributed by atoms with Gasteiger partial charge < -0.3 is 18.9 Å². The van der Waals surface area contributed by atoms with E-state index in [0.717, 1.165) is 10.2 Å². The number of para-hydroxylation sites is 1. The van der Waals surface area contributed by atoms with Crippen LogP contribution < -0.4 is 5.56 Å². The van der Waals surface area contributed by atoms with Gasteiger partial charge in [-0.2, -0.15) is 0 Å². The first-order valence-electron chi connectivity index (χ1n) is 5.97. The van der Waals surface area contributed by atoms with Gasteiger partial charge in [0, 0.05) is 0 Å². The molecule has 0 amide bonds. The molecule has 0 unspecified atom stereocenters. The highest BCUT2D eigenvalue weighted by atomic mass is 32.1. The van der Waals surface area contributed by atoms with Crippen molar-refractivity contribution in [3.05, 3.63) is 38.9 Å². The van der Waals surface area contributed by atoms with Crippen molar-refractivity contribution < 1.29 is 13.9 Å². The first kappa shape index (κ1) is 14.5. The Morgan fingerprint density at radius 1 is 1.26 bits per heavy atom. The van der Waals surface area contributed by atoms with Crippen LogP contribution in [-0.4, -0.2) is 23.1 Å². The van der Waals surface area contributed by atoms with Crippen molar-refractivity contribution >= 4 is 29.1 Å². The van der Waals surface area contributed by atoms with E-state index in [1.54, 1.807) is 13.8 Å². The number of H-pyrrole nitrogens is 1. The molecule has 1 aromatic carbocycles. The monoisotopic (exact) mass is 301 g/mol. The van der Waals surface area contributed by atoms with Gasteiger partial charge in [0.2, 0.25) is 0 Å². The predicted octanol–water partition coefficient (Wildman–Crippen LogP) is 2.95. The summed E-state index contributed by atoms with van der Waals surface area (Å²) in [5.74, 6) is 0. The average molecular weight is 301 g/mol. The largest absolute Gasteiger partial charge is 0.332 e. The fourth-order valence-electron chi connectivity index (χ4n) is 1.68. The highest BCUT2D eigenvalue weighted by Crippen LogP contribution is 2.48. The Kier molecular flexibility index (Phi) is 4.60. The van der Waals surface area contributed by atoms with E-state index in [4.69, 9.17) is 9.05 Å². The summed E-state index contributed by atoms with van der Waals surface area (Å²) in [6.07, 6.45) is 0. The summed E-state index contributed by atoms with van der Waals surface area (Å²) in [4.78, 5) is 25.3. The van der Waals surface area contributed by atoms with Crippen LogP contribution in [0.3, 0.4) is 0 Å². The zero-order valence-corrected chi connectivity index (χ0v) is 12.5. The predicted molar refractivity (Wildman–Crippen MR) is 78.1 cm³/mol. The lowest BCUT2D eigenvalue weighted by Gasteiger charge is -2.17. The van der Waals surface area contributed by atoms with Crippen LogP contribution in [0.1, 0.15) is 13.8 Å². The number of rotatable bonds is 4. The fraction of sp³-hybridized carbons (Fsp3) is 0.333. The molecule has 7 heteroatoms. The Labute approximate surface area is 114 Å². The number of fused-ring (bicyclic) bond motifs is 1. The van der Waals surface area contributed by atoms with Crippen LogP contribution in [0.15, 0.2) is 29.1 Å². The van der Waals surface area contributed by atoms with Crippen molar-refractivity contribution in [1.82, 2.24) is 4.98 Å². The fourth-order valence-corrected chi connectivity index (χ4v) is 4.80. The number of aromatic nitrogens is 1. The molecule has 5 nitrogen and oxygen atoms in total. The van der Waals surface area contributed by atoms with Gasteiger partial charge >= 0.3 is 0 Å². The minimum atomic E-state index is -3.29. The normalized spacial score (nSPS) is 11.9. The standard InChI is InChI=1S/C12H16NO4PS/c1-3-16-18(15,17-4-2)12-11(14)13-9-7-5-6-8-10(9)19-12/h5-8,15H,3-4H2,1-2H3,(H,13,14). The highest BCUT2D eigenvalue weighted by molar-refractivity contribution is 7.55. The Morgan fingerprint density at radius 2 is 1.89 bits per heavy atom. The molecule has 104 valence electrons. The molecule has 1 aromatic heterocycles. The van der Waals surface area contributed by atoms with E-state index in [9.17, 15) is 9.69 Å². The van der Waals surface area contributed by atoms with E-state index in [1.807, 2.05) is 24.3 Å². The maximum Gasteiger partial charge on any atom is 0.278 e. The molecule has 1 heterocycles. The first-order valence-corrected chi connectivity index (χ1v) is 8.36. The summed E-state index contributed by atoms with van der Waals surface area (Å²) < 4.78 is 11.7. The van der Waals surface area contributed by atoms with Crippen LogP contribution in [0.5, 0.6) is 0 Å². The van der Waals surface area contributed by atoms with Crippen LogP contribution in [0.4, 0.5) is 0 Å². The van der Waals surface area contributed by atoms with E-state index < -0.39 is 7.57 Å². The molecule has 0 aliphatic carbocycles. The first-order chi connectivity index (χ1) is 9.10. The average Bonchev–Trinajstić information content (AvgIpc) is 2.38. The summed E-state index contributed by atoms with van der Waals surface area (Å²) in [7, 11) is -3.29. The van der Waals surface area contributed by atoms with Crippen molar-refractivity contribution in [1.29, 1.82) is 0 Å². The number of nitrogens with one attached hydrogen (secondary N) is 1. The minimum absolute atomic E-state index is 0.204. The van der Waals surface area contributed by atoms with Crippen molar-refractivity contribution in [3.63, 3.8) is 0 Å². The minimum Gasteiger partial charge on any atom is -0.332 e. The molecule has 0 radical (unpaired) electrons. The summed E-state index contributed by atoms with van der Waals surface area (Å²) in [6.45, 7) is 4.07. The third-order valence-electron chi connectivity index (χ3n) is 2.40. The zero-order valence-electron chi connectivity index (χ0n) is 10.8. The van der Waals surface area contributed by atoms with Gasteiger partial charge in [0.1, 0.15) is 0 Å². The molecule has 0 bridgehead atoms. The topological polar surface area (TPSA) is 71.5 Å². The molecule has 0 saturated heterocycles. The molecule has 2 N–H and O–H groups in total. The van der Waals surface area contributed by atoms with Crippen molar-refractivity contribution in [2.45, 2.75) is 13.8 Å². The number of hydrogen-bond donors (Lipinski definition) is 2. The van der Waals surface area contributed by atoms with E-state index >= 15 is 0 Å². The van der Waals surface area contributed by atoms with Crippen LogP contribution in [-0.2, 0) is 9.05 Å². The Hall–Kier alpha value is -0.910. The third kappa shape index (κ3) is 2.99. The molecular weight excluding hydrogens is 285 g/mol. The lowest BCUT2D eigenvalue weighted by Crippen LogP contribution is -2.08. The van der Waals surface area contributed by atoms with Gasteiger partial charge in [-0.05, 0) is 26.0 Å². The molecule has 0 saturated carbocycles. The van der Waals surface area contributed by atoms with E-state index in [0.29, 0.717) is 0 Å². The second-order valence-corrected chi connectivity index (χ2v) is 7.07. The summed E-state index contributed by atoms with van der Waals surface area (Å²) in [5, 5.41) is 0. The zero-order chi connectivity index (χ0) is 13.9. The van der Waals surface area contributed by atoms with Crippen LogP contribution in [0.2, 0.25) is 0 Å². The molecule has 0 aliphatic heterocycles. The summed E-state index contributed by atoms with van der Waals surface area (Å²) in [5.41, 5.74) is 0.377. The SMILES string of the molecule is CCOP(O)(OCC)=c1sc2ccccc2[nH]c1=O. The third-order valence-corrected chi connectivity index (χ3v) is 6.25. The molecule has 2 aromatic rings. The molecule has 0 atom stereocenters. The highest BCUT2D eigenvalue weighted by Gasteiger charge is 2.19. The van der Waals surface area contributed by atoms with Crippen molar-refractivity contribution in [3.8, 4) is 0 Å². The molecule has 0 aliphatic rings. The van der Waals surface area contributed by atoms with Gasteiger partial charge in [-0.25, -0.2) is 0 Å². The van der Waals surface area contributed by atoms with Gasteiger partial charge in [-0.1, -0.05) is 12.1 Å². The number of aromatic amines is 1. The molecule has 0 spiro atoms. The quantitative estimate of drug-likeness (QED) is 0.852. The van der Waals surface area contributed by atoms with Gasteiger partial charge in [0.05, 0.1) is 23.4 Å². The van der Waals surface area contributed by atoms with Crippen molar-refractivity contribution in [2.75, 3.05) is 13.2 Å². The summed E-state index contributed by atoms with van der Waals surface area (Å²) in [6, 6.07) is 7.41. The van der Waals surface area contributed by atoms with E-state index in [2.05, 4.69) is 4.98 Å². The number of hydrogen-bond acceptors (Lipinski definition) is 5. The number of benzene rings is 1. The van der Waals surface area contributed by atoms with Gasteiger partial charge in [0.15, 0.2) is 4.25 Å². The maximum absolute atomic E-state index is 12.1. The molecule has 2 rings (SSSR count). The van der Waals surface area contributed by atoms with Crippen LogP contribution >= 0.6 is 18.9 Å². The molecular formula is C12H16NO4PS. The van der Waals surface area contributed by atoms with Crippen LogP contribution in [0, 0.1) is 4.25 Å². The maximum atomic E-state index is 12.1. The van der Waals surface area contributed by atoms with Crippen LogP contribution in [0.25, 0.3) is 10.2 Å². The smallest absolute Gasteiger partial charge is 0.278 e. The Morgan fingerprint density at radius 3 is 2.53 bits per heavy atom. The lowest BCUT2D eigenvalue weighted by atomic mass is 10.3. The lowest BCUT2D eigenvalue weighted by molar-refractivity contribution is 0.206. The molecule has 19 heavy (non-hydrogen) atoms. The second kappa shape index (κ2) is 6.03. The summed E-state index contributed by atoms with van der Waals surface area (Å²) >= 11 is 1.21. The van der Waals surface area contributed by atoms with Gasteiger partial charge in [-0.3, -0.25) is 4.79 Å². The van der Waals surface area contributed by atoms with Gasteiger partial charge in [0.25, 0.3) is 13.1 Å². The van der Waals surface area contributed by atoms with E-state index in [1.165, 1.54) is 11.3 Å². The Bertz CT molecular complexity index is 711. The second-order valence-electron chi connectivity index (χ2n) is 3.71. The van der Waals surface area contributed by atoms with Crippen molar-refractivity contribution in [2.24, 2.45) is 0 Å².